The molecule has 0 spiro atoms. The van der Waals surface area contributed by atoms with E-state index in [0.29, 0.717) is 18.7 Å². The number of nitrogens with one attached hydrogen (secondary N) is 1. The Hall–Kier alpha value is -4.83. The molecule has 2 amide bonds. The number of anilines is 1. The van der Waals surface area contributed by atoms with Crippen LogP contribution >= 0.6 is 0 Å². The zero-order chi connectivity index (χ0) is 34.0. The van der Waals surface area contributed by atoms with Crippen LogP contribution in [0.25, 0.3) is 0 Å². The molecule has 4 rings (SSSR count). The number of carbonyl (C=O) groups excluding carboxylic acids is 2. The lowest BCUT2D eigenvalue weighted by molar-refractivity contribution is -0.140. The predicted octanol–water partition coefficient (Wildman–Crippen LogP) is 5.68. The highest BCUT2D eigenvalue weighted by molar-refractivity contribution is 7.92. The second-order valence-corrected chi connectivity index (χ2v) is 13.2. The summed E-state index contributed by atoms with van der Waals surface area (Å²) in [6.07, 6.45) is 0.953. The second-order valence-electron chi connectivity index (χ2n) is 11.4. The van der Waals surface area contributed by atoms with Crippen molar-refractivity contribution in [3.05, 3.63) is 119 Å². The maximum atomic E-state index is 14.7. The summed E-state index contributed by atoms with van der Waals surface area (Å²) in [7, 11) is -1.40. The van der Waals surface area contributed by atoms with Gasteiger partial charge in [-0.2, -0.15) is 0 Å². The number of nitrogens with zero attached hydrogens (tertiary/aromatic N) is 2. The van der Waals surface area contributed by atoms with Crippen LogP contribution < -0.4 is 19.1 Å². The van der Waals surface area contributed by atoms with E-state index in [1.165, 1.54) is 37.3 Å². The lowest BCUT2D eigenvalue weighted by atomic mass is 10.0. The molecule has 0 saturated heterocycles. The summed E-state index contributed by atoms with van der Waals surface area (Å²) in [6.45, 7) is 5.71. The monoisotopic (exact) mass is 657 g/mol. The molecule has 248 valence electrons. The van der Waals surface area contributed by atoms with Crippen molar-refractivity contribution in [3.8, 4) is 11.5 Å². The fourth-order valence-corrected chi connectivity index (χ4v) is 6.57. The summed E-state index contributed by atoms with van der Waals surface area (Å²) in [6, 6.07) is 27.4. The van der Waals surface area contributed by atoms with Gasteiger partial charge in [0, 0.05) is 25.6 Å². The van der Waals surface area contributed by atoms with Crippen LogP contribution in [0, 0.1) is 13.8 Å². The van der Waals surface area contributed by atoms with Gasteiger partial charge in [-0.25, -0.2) is 8.42 Å². The average molecular weight is 658 g/mol. The molecule has 0 aliphatic carbocycles. The Morgan fingerprint density at radius 1 is 0.809 bits per heavy atom. The molecule has 9 nitrogen and oxygen atoms in total. The van der Waals surface area contributed by atoms with Gasteiger partial charge in [-0.15, -0.1) is 0 Å². The van der Waals surface area contributed by atoms with Crippen LogP contribution in [-0.2, 0) is 32.6 Å². The standard InChI is InChI=1S/C37H43N3O6S/c1-6-22-38-37(42)34(23-29-10-8-7-9-11-29)39(25-30-16-12-27(2)13-17-30)36(41)26-40(33-24-31(45-4)18-21-35(33)46-5)47(43,44)32-19-14-28(3)15-20-32/h7-21,24,34H,6,22-23,25-26H2,1-5H3,(H,38,42). The largest absolute Gasteiger partial charge is 0.497 e. The molecule has 0 aliphatic heterocycles. The quantitative estimate of drug-likeness (QED) is 0.176. The summed E-state index contributed by atoms with van der Waals surface area (Å²) in [5.41, 5.74) is 3.73. The molecule has 10 heteroatoms. The van der Waals surface area contributed by atoms with Gasteiger partial charge >= 0.3 is 0 Å². The Bertz CT molecular complexity index is 1740. The van der Waals surface area contributed by atoms with Crippen molar-refractivity contribution in [1.29, 1.82) is 0 Å². The van der Waals surface area contributed by atoms with Crippen molar-refractivity contribution in [2.24, 2.45) is 0 Å². The highest BCUT2D eigenvalue weighted by Crippen LogP contribution is 2.36. The van der Waals surface area contributed by atoms with E-state index in [9.17, 15) is 18.0 Å². The molecular weight excluding hydrogens is 614 g/mol. The number of benzene rings is 4. The van der Waals surface area contributed by atoms with E-state index in [2.05, 4.69) is 5.32 Å². The lowest BCUT2D eigenvalue weighted by Gasteiger charge is -2.34. The lowest BCUT2D eigenvalue weighted by Crippen LogP contribution is -2.53. The van der Waals surface area contributed by atoms with E-state index < -0.39 is 28.5 Å². The zero-order valence-corrected chi connectivity index (χ0v) is 28.4. The molecule has 0 aromatic heterocycles. The molecule has 0 fully saturated rings. The van der Waals surface area contributed by atoms with Crippen molar-refractivity contribution in [2.75, 3.05) is 31.6 Å². The summed E-state index contributed by atoms with van der Waals surface area (Å²) < 4.78 is 40.8. The van der Waals surface area contributed by atoms with Gasteiger partial charge in [-0.1, -0.05) is 84.8 Å². The van der Waals surface area contributed by atoms with Gasteiger partial charge in [0.1, 0.15) is 24.1 Å². The van der Waals surface area contributed by atoms with Gasteiger partial charge < -0.3 is 19.7 Å². The first-order chi connectivity index (χ1) is 22.6. The normalized spacial score (nSPS) is 11.8. The molecule has 0 aliphatic rings. The number of methoxy groups -OCH3 is 2. The van der Waals surface area contributed by atoms with E-state index in [1.54, 1.807) is 24.3 Å². The minimum atomic E-state index is -4.30. The van der Waals surface area contributed by atoms with Crippen LogP contribution in [0.15, 0.2) is 102 Å². The zero-order valence-electron chi connectivity index (χ0n) is 27.6. The van der Waals surface area contributed by atoms with E-state index in [1.807, 2.05) is 75.4 Å². The van der Waals surface area contributed by atoms with Gasteiger partial charge in [-0.3, -0.25) is 13.9 Å². The Labute approximate surface area is 278 Å². The van der Waals surface area contributed by atoms with E-state index in [0.717, 1.165) is 26.6 Å². The summed E-state index contributed by atoms with van der Waals surface area (Å²) in [4.78, 5) is 30.0. The van der Waals surface area contributed by atoms with Crippen molar-refractivity contribution in [2.45, 2.75) is 51.1 Å². The molecular formula is C37H43N3O6S. The molecule has 1 unspecified atom stereocenters. The Balaban J connectivity index is 1.85. The van der Waals surface area contributed by atoms with Crippen LogP contribution in [0.1, 0.15) is 35.6 Å². The molecule has 4 aromatic carbocycles. The predicted molar refractivity (Wildman–Crippen MR) is 184 cm³/mol. The number of carbonyl (C=O) groups is 2. The minimum absolute atomic E-state index is 0.00684. The van der Waals surface area contributed by atoms with Gasteiger partial charge in [0.2, 0.25) is 11.8 Å². The molecule has 0 heterocycles. The Morgan fingerprint density at radius 3 is 2.04 bits per heavy atom. The van der Waals surface area contributed by atoms with E-state index in [-0.39, 0.29) is 35.2 Å². The van der Waals surface area contributed by atoms with Crippen molar-refractivity contribution >= 4 is 27.5 Å². The summed E-state index contributed by atoms with van der Waals surface area (Å²) in [5.74, 6) is -0.252. The number of rotatable bonds is 15. The first-order valence-corrected chi connectivity index (χ1v) is 17.0. The maximum absolute atomic E-state index is 14.7. The molecule has 1 N–H and O–H groups in total. The SMILES string of the molecule is CCCNC(=O)C(Cc1ccccc1)N(Cc1ccc(C)cc1)C(=O)CN(c1cc(OC)ccc1OC)S(=O)(=O)c1ccc(C)cc1. The first kappa shape index (κ1) is 35.0. The molecule has 47 heavy (non-hydrogen) atoms. The van der Waals surface area contributed by atoms with Gasteiger partial charge in [0.05, 0.1) is 24.8 Å². The van der Waals surface area contributed by atoms with Gasteiger partial charge in [-0.05, 0) is 55.7 Å². The minimum Gasteiger partial charge on any atom is -0.497 e. The van der Waals surface area contributed by atoms with Crippen molar-refractivity contribution < 1.29 is 27.5 Å². The van der Waals surface area contributed by atoms with Gasteiger partial charge in [0.15, 0.2) is 0 Å². The van der Waals surface area contributed by atoms with Crippen molar-refractivity contribution in [3.63, 3.8) is 0 Å². The first-order valence-electron chi connectivity index (χ1n) is 15.6. The Kier molecular flexibility index (Phi) is 12.0. The smallest absolute Gasteiger partial charge is 0.264 e. The molecule has 0 radical (unpaired) electrons. The van der Waals surface area contributed by atoms with Crippen LogP contribution in [0.5, 0.6) is 11.5 Å². The van der Waals surface area contributed by atoms with E-state index in [4.69, 9.17) is 9.47 Å². The van der Waals surface area contributed by atoms with Crippen molar-refractivity contribution in [1.82, 2.24) is 10.2 Å². The number of hydrogen-bond acceptors (Lipinski definition) is 6. The van der Waals surface area contributed by atoms with Crippen LogP contribution in [0.4, 0.5) is 5.69 Å². The molecule has 4 aromatic rings. The van der Waals surface area contributed by atoms with Gasteiger partial charge in [0.25, 0.3) is 10.0 Å². The summed E-state index contributed by atoms with van der Waals surface area (Å²) in [5, 5.41) is 2.96. The number of aryl methyl sites for hydroxylation is 2. The molecule has 0 bridgehead atoms. The third-order valence-electron chi connectivity index (χ3n) is 7.84. The number of ether oxygens (including phenoxy) is 2. The fraction of sp³-hybridized carbons (Fsp3) is 0.297. The van der Waals surface area contributed by atoms with Crippen LogP contribution in [0.2, 0.25) is 0 Å². The second kappa shape index (κ2) is 16.1. The number of hydrogen-bond donors (Lipinski definition) is 1. The number of sulfonamides is 1. The topological polar surface area (TPSA) is 105 Å². The third kappa shape index (κ3) is 8.92. The van der Waals surface area contributed by atoms with Crippen LogP contribution in [0.3, 0.4) is 0 Å². The molecule has 0 saturated carbocycles. The maximum Gasteiger partial charge on any atom is 0.264 e. The highest BCUT2D eigenvalue weighted by Gasteiger charge is 2.35. The fourth-order valence-electron chi connectivity index (χ4n) is 5.15. The number of amides is 2. The third-order valence-corrected chi connectivity index (χ3v) is 9.61. The van der Waals surface area contributed by atoms with E-state index >= 15 is 0 Å². The highest BCUT2D eigenvalue weighted by atomic mass is 32.2. The summed E-state index contributed by atoms with van der Waals surface area (Å²) >= 11 is 0. The average Bonchev–Trinajstić information content (AvgIpc) is 3.08. The molecule has 1 atom stereocenters. The van der Waals surface area contributed by atoms with Crippen LogP contribution in [-0.4, -0.2) is 58.5 Å². The Morgan fingerprint density at radius 2 is 1.45 bits per heavy atom.